The Balaban J connectivity index is 1.79. The Bertz CT molecular complexity index is 1070. The minimum Gasteiger partial charge on any atom is -0.507 e. The maximum Gasteiger partial charge on any atom is 0.295 e. The van der Waals surface area contributed by atoms with Crippen LogP contribution in [0.3, 0.4) is 0 Å². The summed E-state index contributed by atoms with van der Waals surface area (Å²) in [5.74, 6) is -0.370. The Hall–Kier alpha value is -3.48. The first-order valence-corrected chi connectivity index (χ1v) is 11.5. The summed E-state index contributed by atoms with van der Waals surface area (Å²) >= 11 is 0. The molecule has 2 heterocycles. The van der Waals surface area contributed by atoms with Crippen LogP contribution >= 0.6 is 0 Å². The number of anilines is 1. The Kier molecular flexibility index (Phi) is 6.58. The first-order valence-electron chi connectivity index (χ1n) is 11.5. The summed E-state index contributed by atoms with van der Waals surface area (Å²) in [6.07, 6.45) is 0.700. The molecular weight excluding hydrogens is 420 g/mol. The molecule has 1 amide bonds. The summed E-state index contributed by atoms with van der Waals surface area (Å²) in [5, 5.41) is 11.2. The van der Waals surface area contributed by atoms with Gasteiger partial charge in [0.2, 0.25) is 0 Å². The average molecular weight is 451 g/mol. The van der Waals surface area contributed by atoms with E-state index in [1.807, 2.05) is 31.2 Å². The third kappa shape index (κ3) is 4.15. The van der Waals surface area contributed by atoms with E-state index >= 15 is 0 Å². The third-order valence-electron chi connectivity index (χ3n) is 6.16. The molecular formula is C26H30N2O5. The molecule has 1 saturated heterocycles. The number of aliphatic hydroxyl groups is 1. The highest BCUT2D eigenvalue weighted by atomic mass is 16.6. The maximum atomic E-state index is 13.1. The van der Waals surface area contributed by atoms with E-state index in [9.17, 15) is 14.7 Å². The summed E-state index contributed by atoms with van der Waals surface area (Å²) in [6, 6.07) is 12.3. The zero-order chi connectivity index (χ0) is 23.5. The van der Waals surface area contributed by atoms with Gasteiger partial charge < -0.3 is 24.4 Å². The molecule has 0 spiro atoms. The van der Waals surface area contributed by atoms with Crippen LogP contribution in [0.2, 0.25) is 0 Å². The Morgan fingerprint density at radius 2 is 1.67 bits per heavy atom. The molecule has 7 nitrogen and oxygen atoms in total. The fourth-order valence-corrected chi connectivity index (χ4v) is 4.50. The number of rotatable bonds is 7. The number of fused-ring (bicyclic) bond motifs is 1. The van der Waals surface area contributed by atoms with Crippen LogP contribution < -0.4 is 14.4 Å². The number of benzene rings is 2. The molecule has 4 rings (SSSR count). The van der Waals surface area contributed by atoms with E-state index in [0.717, 1.165) is 24.3 Å². The van der Waals surface area contributed by atoms with Gasteiger partial charge in [-0.15, -0.1) is 0 Å². The number of hydrogen-bond acceptors (Lipinski definition) is 6. The molecule has 7 heteroatoms. The number of carbonyl (C=O) groups is 2. The van der Waals surface area contributed by atoms with Crippen LogP contribution in [0.25, 0.3) is 5.76 Å². The molecule has 1 N–H and O–H groups in total. The van der Waals surface area contributed by atoms with Gasteiger partial charge in [-0.2, -0.15) is 0 Å². The van der Waals surface area contributed by atoms with Gasteiger partial charge in [-0.3, -0.25) is 9.59 Å². The molecule has 0 aromatic heterocycles. The zero-order valence-corrected chi connectivity index (χ0v) is 19.3. The van der Waals surface area contributed by atoms with Crippen LogP contribution in [0.4, 0.5) is 5.69 Å². The molecule has 2 aliphatic heterocycles. The van der Waals surface area contributed by atoms with E-state index in [2.05, 4.69) is 18.7 Å². The monoisotopic (exact) mass is 450 g/mol. The van der Waals surface area contributed by atoms with E-state index in [1.165, 1.54) is 0 Å². The topological polar surface area (TPSA) is 79.3 Å². The molecule has 0 bridgehead atoms. The number of carbonyl (C=O) groups excluding carboxylic acids is 2. The number of hydrogen-bond donors (Lipinski definition) is 1. The second kappa shape index (κ2) is 9.57. The summed E-state index contributed by atoms with van der Waals surface area (Å²) < 4.78 is 11.2. The number of ether oxygens (including phenoxy) is 2. The maximum absolute atomic E-state index is 13.1. The molecule has 0 aliphatic carbocycles. The van der Waals surface area contributed by atoms with Gasteiger partial charge in [0.05, 0.1) is 11.6 Å². The molecule has 174 valence electrons. The SMILES string of the molecule is CCCN1C(=O)C(=O)/C(=C(\O)c2ccc3c(c2)OCCO3)C1c1ccc(N(CC)CC)cc1. The van der Waals surface area contributed by atoms with Gasteiger partial charge in [-0.05, 0) is 56.2 Å². The predicted molar refractivity (Wildman–Crippen MR) is 127 cm³/mol. The average Bonchev–Trinajstić information content (AvgIpc) is 3.10. The second-order valence-corrected chi connectivity index (χ2v) is 8.11. The number of amides is 1. The van der Waals surface area contributed by atoms with Crippen molar-refractivity contribution in [2.45, 2.75) is 33.2 Å². The van der Waals surface area contributed by atoms with Crippen LogP contribution in [0.15, 0.2) is 48.0 Å². The fourth-order valence-electron chi connectivity index (χ4n) is 4.50. The largest absolute Gasteiger partial charge is 0.507 e. The molecule has 33 heavy (non-hydrogen) atoms. The smallest absolute Gasteiger partial charge is 0.295 e. The van der Waals surface area contributed by atoms with Gasteiger partial charge in [0.1, 0.15) is 19.0 Å². The Morgan fingerprint density at radius 3 is 2.30 bits per heavy atom. The Labute approximate surface area is 194 Å². The zero-order valence-electron chi connectivity index (χ0n) is 19.3. The minimum absolute atomic E-state index is 0.0979. The lowest BCUT2D eigenvalue weighted by molar-refractivity contribution is -0.139. The molecule has 2 aromatic rings. The minimum atomic E-state index is -0.673. The van der Waals surface area contributed by atoms with E-state index in [4.69, 9.17) is 9.47 Å². The lowest BCUT2D eigenvalue weighted by atomic mass is 9.95. The lowest BCUT2D eigenvalue weighted by Crippen LogP contribution is -2.30. The van der Waals surface area contributed by atoms with Crippen molar-refractivity contribution in [2.24, 2.45) is 0 Å². The van der Waals surface area contributed by atoms with Gasteiger partial charge >= 0.3 is 0 Å². The normalized spacial score (nSPS) is 19.1. The van der Waals surface area contributed by atoms with Gasteiger partial charge in [-0.25, -0.2) is 0 Å². The summed E-state index contributed by atoms with van der Waals surface area (Å²) in [5.41, 5.74) is 2.37. The van der Waals surface area contributed by atoms with Crippen molar-refractivity contribution in [1.29, 1.82) is 0 Å². The van der Waals surface area contributed by atoms with Crippen LogP contribution in [0.5, 0.6) is 11.5 Å². The number of nitrogens with zero attached hydrogens (tertiary/aromatic N) is 2. The second-order valence-electron chi connectivity index (χ2n) is 8.11. The van der Waals surface area contributed by atoms with Crippen molar-refractivity contribution in [3.8, 4) is 11.5 Å². The highest BCUT2D eigenvalue weighted by Crippen LogP contribution is 2.41. The quantitative estimate of drug-likeness (QED) is 0.388. The van der Waals surface area contributed by atoms with Gasteiger partial charge in [0.15, 0.2) is 11.5 Å². The summed E-state index contributed by atoms with van der Waals surface area (Å²) in [4.78, 5) is 29.8. The standard InChI is InChI=1S/C26H30N2O5/c1-4-13-28-23(17-7-10-19(11-8-17)27(5-2)6-3)22(25(30)26(28)31)24(29)18-9-12-20-21(16-18)33-15-14-32-20/h7-12,16,23,29H,4-6,13-15H2,1-3H3/b24-22-. The van der Waals surface area contributed by atoms with E-state index in [0.29, 0.717) is 43.2 Å². The van der Waals surface area contributed by atoms with Crippen molar-refractivity contribution in [3.63, 3.8) is 0 Å². The lowest BCUT2D eigenvalue weighted by Gasteiger charge is -2.26. The van der Waals surface area contributed by atoms with Crippen molar-refractivity contribution >= 4 is 23.1 Å². The third-order valence-corrected chi connectivity index (χ3v) is 6.16. The van der Waals surface area contributed by atoms with Crippen LogP contribution in [0.1, 0.15) is 44.4 Å². The first-order chi connectivity index (χ1) is 16.0. The van der Waals surface area contributed by atoms with E-state index < -0.39 is 17.7 Å². The summed E-state index contributed by atoms with van der Waals surface area (Å²) in [7, 11) is 0. The number of likely N-dealkylation sites (tertiary alicyclic amines) is 1. The highest BCUT2D eigenvalue weighted by Gasteiger charge is 2.45. The molecule has 1 atom stereocenters. The molecule has 1 unspecified atom stereocenters. The number of aliphatic hydroxyl groups excluding tert-OH is 1. The van der Waals surface area contributed by atoms with Crippen LogP contribution in [-0.4, -0.2) is 54.5 Å². The molecule has 2 aromatic carbocycles. The van der Waals surface area contributed by atoms with Gasteiger partial charge in [0, 0.05) is 30.9 Å². The molecule has 0 radical (unpaired) electrons. The van der Waals surface area contributed by atoms with E-state index in [1.54, 1.807) is 23.1 Å². The van der Waals surface area contributed by atoms with Crippen molar-refractivity contribution in [1.82, 2.24) is 4.90 Å². The van der Waals surface area contributed by atoms with Gasteiger partial charge in [-0.1, -0.05) is 19.1 Å². The van der Waals surface area contributed by atoms with Crippen molar-refractivity contribution in [2.75, 3.05) is 37.7 Å². The van der Waals surface area contributed by atoms with Crippen LogP contribution in [0, 0.1) is 0 Å². The molecule has 0 saturated carbocycles. The molecule has 2 aliphatic rings. The summed E-state index contributed by atoms with van der Waals surface area (Å²) in [6.45, 7) is 9.22. The van der Waals surface area contributed by atoms with Crippen molar-refractivity contribution in [3.05, 3.63) is 59.2 Å². The number of ketones is 1. The number of Topliss-reactive ketones (excluding diaryl/α,β-unsaturated/α-hetero) is 1. The van der Waals surface area contributed by atoms with Gasteiger partial charge in [0.25, 0.3) is 11.7 Å². The van der Waals surface area contributed by atoms with Crippen molar-refractivity contribution < 1.29 is 24.2 Å². The highest BCUT2D eigenvalue weighted by molar-refractivity contribution is 6.46. The van der Waals surface area contributed by atoms with Crippen LogP contribution in [-0.2, 0) is 9.59 Å². The Morgan fingerprint density at radius 1 is 1.00 bits per heavy atom. The molecule has 1 fully saturated rings. The van der Waals surface area contributed by atoms with E-state index in [-0.39, 0.29) is 11.3 Å². The fraction of sp³-hybridized carbons (Fsp3) is 0.385. The first kappa shape index (κ1) is 22.7. The predicted octanol–water partition coefficient (Wildman–Crippen LogP) is 4.14.